The van der Waals surface area contributed by atoms with Crippen LogP contribution in [-0.4, -0.2) is 9.91 Å². The van der Waals surface area contributed by atoms with Crippen LogP contribution in [0.4, 0.5) is 21.6 Å². The molecule has 0 radical (unpaired) electrons. The van der Waals surface area contributed by atoms with Gasteiger partial charge in [-0.25, -0.2) is 9.37 Å². The summed E-state index contributed by atoms with van der Waals surface area (Å²) in [6.45, 7) is 1.75. The molecule has 0 aliphatic heterocycles. The molecule has 0 aliphatic carbocycles. The summed E-state index contributed by atoms with van der Waals surface area (Å²) in [4.78, 5) is 14.2. The van der Waals surface area contributed by atoms with Crippen molar-refractivity contribution in [3.8, 4) is 0 Å². The molecule has 1 aromatic heterocycles. The van der Waals surface area contributed by atoms with E-state index < -0.39 is 10.7 Å². The lowest BCUT2D eigenvalue weighted by Crippen LogP contribution is -2.01. The largest absolute Gasteiger partial charge is 0.334 e. The average Bonchev–Trinajstić information content (AvgIpc) is 2.33. The summed E-state index contributed by atoms with van der Waals surface area (Å²) in [6, 6.07) is 6.67. The van der Waals surface area contributed by atoms with Gasteiger partial charge < -0.3 is 5.32 Å². The molecule has 0 saturated carbocycles. The fourth-order valence-electron chi connectivity index (χ4n) is 1.52. The predicted molar refractivity (Wildman–Crippen MR) is 70.3 cm³/mol. The van der Waals surface area contributed by atoms with Gasteiger partial charge in [0.2, 0.25) is 5.82 Å². The zero-order valence-corrected chi connectivity index (χ0v) is 10.6. The van der Waals surface area contributed by atoms with Crippen molar-refractivity contribution in [2.24, 2.45) is 0 Å². The Morgan fingerprint density at radius 2 is 2.11 bits per heavy atom. The van der Waals surface area contributed by atoms with Crippen molar-refractivity contribution in [3.63, 3.8) is 0 Å². The Kier molecular flexibility index (Phi) is 3.62. The van der Waals surface area contributed by atoms with Crippen LogP contribution in [-0.2, 0) is 0 Å². The molecule has 2 rings (SSSR count). The zero-order valence-electron chi connectivity index (χ0n) is 9.85. The molecule has 19 heavy (non-hydrogen) atoms. The molecule has 0 aliphatic rings. The number of nitrogens with one attached hydrogen (secondary N) is 1. The van der Waals surface area contributed by atoms with Crippen molar-refractivity contribution in [1.82, 2.24) is 4.98 Å². The van der Waals surface area contributed by atoms with Crippen LogP contribution in [0.5, 0.6) is 0 Å². The van der Waals surface area contributed by atoms with Gasteiger partial charge in [-0.1, -0.05) is 17.7 Å². The number of anilines is 2. The Morgan fingerprint density at radius 1 is 1.37 bits per heavy atom. The number of benzene rings is 1. The molecule has 2 aromatic rings. The van der Waals surface area contributed by atoms with Crippen molar-refractivity contribution in [1.29, 1.82) is 0 Å². The van der Waals surface area contributed by atoms with Gasteiger partial charge in [-0.3, -0.25) is 10.1 Å². The van der Waals surface area contributed by atoms with E-state index in [0.29, 0.717) is 5.69 Å². The Balaban J connectivity index is 2.45. The molecule has 1 N–H and O–H groups in total. The summed E-state index contributed by atoms with van der Waals surface area (Å²) < 4.78 is 13.2. The molecule has 0 amide bonds. The molecular weight excluding hydrogens is 273 g/mol. The maximum atomic E-state index is 13.2. The second kappa shape index (κ2) is 5.19. The molecule has 1 heterocycles. The van der Waals surface area contributed by atoms with Gasteiger partial charge in [0.1, 0.15) is 11.0 Å². The highest BCUT2D eigenvalue weighted by Gasteiger charge is 2.16. The summed E-state index contributed by atoms with van der Waals surface area (Å²) >= 11 is 5.71. The molecule has 7 heteroatoms. The predicted octanol–water partition coefficient (Wildman–Crippen LogP) is 3.83. The number of nitro groups is 1. The van der Waals surface area contributed by atoms with Crippen LogP contribution in [0.1, 0.15) is 5.56 Å². The first-order valence-electron chi connectivity index (χ1n) is 5.31. The van der Waals surface area contributed by atoms with Crippen LogP contribution in [0.3, 0.4) is 0 Å². The van der Waals surface area contributed by atoms with E-state index in [9.17, 15) is 14.5 Å². The fraction of sp³-hybridized carbons (Fsp3) is 0.0833. The van der Waals surface area contributed by atoms with Gasteiger partial charge in [0.25, 0.3) is 0 Å². The topological polar surface area (TPSA) is 68.1 Å². The normalized spacial score (nSPS) is 10.3. The van der Waals surface area contributed by atoms with Crippen LogP contribution in [0.25, 0.3) is 0 Å². The van der Waals surface area contributed by atoms with E-state index in [0.717, 1.165) is 5.56 Å². The van der Waals surface area contributed by atoms with Gasteiger partial charge in [-0.2, -0.15) is 0 Å². The minimum absolute atomic E-state index is 0.0220. The smallest absolute Gasteiger partial charge is 0.311 e. The Bertz CT molecular complexity index is 649. The summed E-state index contributed by atoms with van der Waals surface area (Å²) in [5, 5.41) is 13.7. The number of hydrogen-bond donors (Lipinski definition) is 1. The number of pyridine rings is 1. The lowest BCUT2D eigenvalue weighted by Gasteiger charge is -2.09. The van der Waals surface area contributed by atoms with E-state index in [1.165, 1.54) is 24.3 Å². The van der Waals surface area contributed by atoms with Crippen LogP contribution >= 0.6 is 11.6 Å². The van der Waals surface area contributed by atoms with E-state index in [1.54, 1.807) is 13.0 Å². The quantitative estimate of drug-likeness (QED) is 0.527. The van der Waals surface area contributed by atoms with Crippen molar-refractivity contribution in [2.45, 2.75) is 6.92 Å². The van der Waals surface area contributed by atoms with Crippen LogP contribution in [0.2, 0.25) is 5.15 Å². The minimum atomic E-state index is -0.583. The summed E-state index contributed by atoms with van der Waals surface area (Å²) in [6.07, 6.45) is 0. The SMILES string of the molecule is Cc1ccc(F)cc1Nc1nc(Cl)ccc1[N+](=O)[O-]. The van der Waals surface area contributed by atoms with Crippen molar-refractivity contribution < 1.29 is 9.31 Å². The molecule has 98 valence electrons. The van der Waals surface area contributed by atoms with Crippen LogP contribution in [0, 0.1) is 22.9 Å². The van der Waals surface area contributed by atoms with Gasteiger partial charge in [0.05, 0.1) is 4.92 Å². The van der Waals surface area contributed by atoms with Gasteiger partial charge in [0.15, 0.2) is 0 Å². The van der Waals surface area contributed by atoms with Crippen LogP contribution in [0.15, 0.2) is 30.3 Å². The lowest BCUT2D eigenvalue weighted by molar-refractivity contribution is -0.384. The molecule has 0 spiro atoms. The molecular formula is C12H9ClFN3O2. The zero-order chi connectivity index (χ0) is 14.0. The first-order chi connectivity index (χ1) is 8.97. The maximum absolute atomic E-state index is 13.2. The standard InChI is InChI=1S/C12H9ClFN3O2/c1-7-2-3-8(14)6-9(7)15-12-10(17(18)19)4-5-11(13)16-12/h2-6H,1H3,(H,15,16). The van der Waals surface area contributed by atoms with E-state index in [4.69, 9.17) is 11.6 Å². The third-order valence-corrected chi connectivity index (χ3v) is 2.70. The van der Waals surface area contributed by atoms with Gasteiger partial charge >= 0.3 is 5.69 Å². The van der Waals surface area contributed by atoms with Gasteiger partial charge in [0, 0.05) is 11.8 Å². The molecule has 0 saturated heterocycles. The lowest BCUT2D eigenvalue weighted by atomic mass is 10.2. The molecule has 0 bridgehead atoms. The molecule has 0 fully saturated rings. The Labute approximate surface area is 113 Å². The number of rotatable bonds is 3. The molecule has 1 aromatic carbocycles. The van der Waals surface area contributed by atoms with Crippen molar-refractivity contribution in [3.05, 3.63) is 57.0 Å². The summed E-state index contributed by atoms with van der Waals surface area (Å²) in [5.41, 5.74) is 0.906. The van der Waals surface area contributed by atoms with E-state index in [-0.39, 0.29) is 16.7 Å². The number of aryl methyl sites for hydroxylation is 1. The molecule has 0 unspecified atom stereocenters. The average molecular weight is 282 g/mol. The number of nitrogens with zero attached hydrogens (tertiary/aromatic N) is 2. The van der Waals surface area contributed by atoms with E-state index in [1.807, 2.05) is 0 Å². The summed E-state index contributed by atoms with van der Waals surface area (Å²) in [7, 11) is 0. The third-order valence-electron chi connectivity index (χ3n) is 2.49. The highest BCUT2D eigenvalue weighted by Crippen LogP contribution is 2.28. The molecule has 5 nitrogen and oxygen atoms in total. The summed E-state index contributed by atoms with van der Waals surface area (Å²) in [5.74, 6) is -0.469. The Hall–Kier alpha value is -2.21. The molecule has 0 atom stereocenters. The number of hydrogen-bond acceptors (Lipinski definition) is 4. The second-order valence-electron chi connectivity index (χ2n) is 3.84. The van der Waals surface area contributed by atoms with Gasteiger partial charge in [-0.15, -0.1) is 0 Å². The Morgan fingerprint density at radius 3 is 2.79 bits per heavy atom. The first-order valence-corrected chi connectivity index (χ1v) is 5.69. The van der Waals surface area contributed by atoms with E-state index >= 15 is 0 Å². The third kappa shape index (κ3) is 2.97. The van der Waals surface area contributed by atoms with Crippen LogP contribution < -0.4 is 5.32 Å². The highest BCUT2D eigenvalue weighted by atomic mass is 35.5. The fourth-order valence-corrected chi connectivity index (χ4v) is 1.67. The number of halogens is 2. The monoisotopic (exact) mass is 281 g/mol. The van der Waals surface area contributed by atoms with Crippen molar-refractivity contribution >= 4 is 28.8 Å². The minimum Gasteiger partial charge on any atom is -0.334 e. The highest BCUT2D eigenvalue weighted by molar-refractivity contribution is 6.29. The van der Waals surface area contributed by atoms with Crippen molar-refractivity contribution in [2.75, 3.05) is 5.32 Å². The van der Waals surface area contributed by atoms with Gasteiger partial charge in [-0.05, 0) is 30.7 Å². The first kappa shape index (κ1) is 13.2. The number of aromatic nitrogens is 1. The van der Waals surface area contributed by atoms with E-state index in [2.05, 4.69) is 10.3 Å². The maximum Gasteiger partial charge on any atom is 0.311 e. The second-order valence-corrected chi connectivity index (χ2v) is 4.23.